The normalized spacial score (nSPS) is 9.92. The molecule has 0 N–H and O–H groups in total. The smallest absolute Gasteiger partial charge is 0 e. The first-order chi connectivity index (χ1) is 12.4. The zero-order valence-electron chi connectivity index (χ0n) is 14.9. The summed E-state index contributed by atoms with van der Waals surface area (Å²) in [6.45, 7) is 2.24. The van der Waals surface area contributed by atoms with Gasteiger partial charge in [-0.25, -0.2) is 12.1 Å². The van der Waals surface area contributed by atoms with Gasteiger partial charge in [0, 0.05) is 17.1 Å². The van der Waals surface area contributed by atoms with Crippen LogP contribution in [0.4, 0.5) is 0 Å². The summed E-state index contributed by atoms with van der Waals surface area (Å²) in [5.41, 5.74) is 1.48. The van der Waals surface area contributed by atoms with Gasteiger partial charge in [-0.3, -0.25) is 0 Å². The van der Waals surface area contributed by atoms with Crippen molar-refractivity contribution in [2.24, 2.45) is 0 Å². The Labute approximate surface area is 168 Å². The van der Waals surface area contributed by atoms with Gasteiger partial charge < -0.3 is 30.3 Å². The number of hydrogen-bond acceptors (Lipinski definition) is 0. The van der Waals surface area contributed by atoms with Gasteiger partial charge in [-0.2, -0.15) is 6.07 Å². The zero-order valence-corrected chi connectivity index (χ0v) is 16.9. The van der Waals surface area contributed by atoms with E-state index >= 15 is 0 Å². The SMILES string of the molecule is CC[c-]1cccc1P(c1ccccc1)c1ccccc1.[Fe].[cH-]1[cH-][cH-][cH-][cH-]1. The Kier molecular flexibility index (Phi) is 8.59. The largest absolute Gasteiger partial charge is 0.748 e. The molecule has 0 bridgehead atoms. The number of hydrogen-bond donors (Lipinski definition) is 0. The standard InChI is InChI=1S/C19H18P.C5H5.Fe/c1-2-16-10-9-15-19(16)20(17-11-5-3-6-12-17)18-13-7-4-8-14-18;1-2-4-5-3-1;/h3-15H,2H2,1H3;1-5H;/q-1;-5;. The van der Waals surface area contributed by atoms with Crippen molar-refractivity contribution in [2.45, 2.75) is 13.3 Å². The van der Waals surface area contributed by atoms with Crippen LogP contribution in [0.15, 0.2) is 109 Å². The van der Waals surface area contributed by atoms with E-state index in [4.69, 9.17) is 0 Å². The van der Waals surface area contributed by atoms with Gasteiger partial charge in [0.1, 0.15) is 0 Å². The molecule has 0 spiro atoms. The van der Waals surface area contributed by atoms with Crippen molar-refractivity contribution in [2.75, 3.05) is 0 Å². The second-order valence-corrected chi connectivity index (χ2v) is 7.94. The predicted octanol–water partition coefficient (Wildman–Crippen LogP) is 5.13. The maximum atomic E-state index is 2.30. The molecule has 4 aromatic carbocycles. The van der Waals surface area contributed by atoms with Crippen LogP contribution in [0.2, 0.25) is 0 Å². The Bertz CT molecular complexity index is 776. The Morgan fingerprint density at radius 3 is 1.58 bits per heavy atom. The van der Waals surface area contributed by atoms with Gasteiger partial charge in [0.25, 0.3) is 0 Å². The molecule has 0 aromatic heterocycles. The molecule has 0 radical (unpaired) electrons. The number of rotatable bonds is 4. The Morgan fingerprint density at radius 1 is 0.692 bits per heavy atom. The Hall–Kier alpha value is -1.91. The Balaban J connectivity index is 0.000000351. The van der Waals surface area contributed by atoms with Gasteiger partial charge in [-0.05, 0) is 18.5 Å². The van der Waals surface area contributed by atoms with Crippen LogP contribution in [-0.2, 0) is 23.5 Å². The van der Waals surface area contributed by atoms with Crippen molar-refractivity contribution < 1.29 is 17.1 Å². The average molecular weight is 398 g/mol. The first kappa shape index (κ1) is 20.4. The fraction of sp³-hybridized carbons (Fsp3) is 0.0833. The van der Waals surface area contributed by atoms with Crippen LogP contribution in [0.25, 0.3) is 0 Å². The number of benzene rings is 2. The summed E-state index contributed by atoms with van der Waals surface area (Å²) < 4.78 is 0. The van der Waals surface area contributed by atoms with Crippen molar-refractivity contribution >= 4 is 23.8 Å². The molecule has 0 aliphatic rings. The van der Waals surface area contributed by atoms with Gasteiger partial charge in [0.2, 0.25) is 0 Å². The minimum absolute atomic E-state index is 0. The zero-order chi connectivity index (χ0) is 17.3. The summed E-state index contributed by atoms with van der Waals surface area (Å²) >= 11 is 0. The van der Waals surface area contributed by atoms with Crippen LogP contribution in [-0.4, -0.2) is 0 Å². The summed E-state index contributed by atoms with van der Waals surface area (Å²) in [4.78, 5) is 0. The molecule has 0 atom stereocenters. The second kappa shape index (κ2) is 10.9. The van der Waals surface area contributed by atoms with E-state index < -0.39 is 7.92 Å². The minimum Gasteiger partial charge on any atom is -0.748 e. The molecule has 2 heteroatoms. The van der Waals surface area contributed by atoms with E-state index in [0.717, 1.165) is 6.42 Å². The monoisotopic (exact) mass is 398 g/mol. The van der Waals surface area contributed by atoms with Crippen LogP contribution in [0.5, 0.6) is 0 Å². The number of aryl methyl sites for hydroxylation is 1. The third-order valence-corrected chi connectivity index (χ3v) is 6.63. The van der Waals surface area contributed by atoms with Gasteiger partial charge in [-0.15, -0.1) is 10.9 Å². The summed E-state index contributed by atoms with van der Waals surface area (Å²) in [5.74, 6) is 0. The molecule has 0 fully saturated rings. The van der Waals surface area contributed by atoms with Crippen LogP contribution in [0, 0.1) is 0 Å². The van der Waals surface area contributed by atoms with Crippen LogP contribution >= 0.6 is 7.92 Å². The molecule has 0 unspecified atom stereocenters. The van der Waals surface area contributed by atoms with E-state index in [1.807, 2.05) is 30.3 Å². The van der Waals surface area contributed by atoms with Crippen molar-refractivity contribution in [1.29, 1.82) is 0 Å². The van der Waals surface area contributed by atoms with Gasteiger partial charge in [-0.1, -0.05) is 74.0 Å². The van der Waals surface area contributed by atoms with Crippen LogP contribution in [0.3, 0.4) is 0 Å². The summed E-state index contributed by atoms with van der Waals surface area (Å²) in [6.07, 6.45) is 1.10. The quantitative estimate of drug-likeness (QED) is 0.254. The van der Waals surface area contributed by atoms with Crippen molar-refractivity contribution in [3.8, 4) is 0 Å². The third kappa shape index (κ3) is 5.29. The molecule has 0 saturated carbocycles. The molecule has 4 aromatic rings. The van der Waals surface area contributed by atoms with Gasteiger partial charge in [0.15, 0.2) is 0 Å². The van der Waals surface area contributed by atoms with E-state index in [0.29, 0.717) is 0 Å². The minimum atomic E-state index is -0.436. The average Bonchev–Trinajstić information content (AvgIpc) is 3.39. The van der Waals surface area contributed by atoms with E-state index in [1.54, 1.807) is 0 Å². The van der Waals surface area contributed by atoms with Gasteiger partial charge in [0.05, 0.1) is 0 Å². The van der Waals surface area contributed by atoms with E-state index in [2.05, 4.69) is 85.8 Å². The molecule has 4 rings (SSSR count). The first-order valence-electron chi connectivity index (χ1n) is 8.71. The summed E-state index contributed by atoms with van der Waals surface area (Å²) in [7, 11) is -0.436. The molecule has 0 nitrogen and oxygen atoms in total. The summed E-state index contributed by atoms with van der Waals surface area (Å²) in [5, 5.41) is 4.35. The van der Waals surface area contributed by atoms with Crippen LogP contribution < -0.4 is 15.9 Å². The molecular weight excluding hydrogens is 375 g/mol. The van der Waals surface area contributed by atoms with Crippen molar-refractivity contribution in [3.05, 3.63) is 115 Å². The first-order valence-corrected chi connectivity index (χ1v) is 10.1. The van der Waals surface area contributed by atoms with E-state index in [1.165, 1.54) is 21.5 Å². The van der Waals surface area contributed by atoms with Crippen LogP contribution in [0.1, 0.15) is 12.5 Å². The molecular formula is C24H23FeP-6. The maximum absolute atomic E-state index is 2.30. The summed E-state index contributed by atoms with van der Waals surface area (Å²) in [6, 6.07) is 38.5. The Morgan fingerprint density at radius 2 is 1.15 bits per heavy atom. The molecule has 0 amide bonds. The van der Waals surface area contributed by atoms with E-state index in [9.17, 15) is 0 Å². The van der Waals surface area contributed by atoms with Crippen molar-refractivity contribution in [1.82, 2.24) is 0 Å². The van der Waals surface area contributed by atoms with Crippen molar-refractivity contribution in [3.63, 3.8) is 0 Å². The molecule has 0 heterocycles. The van der Waals surface area contributed by atoms with E-state index in [-0.39, 0.29) is 17.1 Å². The fourth-order valence-corrected chi connectivity index (χ4v) is 5.42. The molecule has 138 valence electrons. The fourth-order valence-electron chi connectivity index (χ4n) is 2.87. The molecule has 26 heavy (non-hydrogen) atoms. The second-order valence-electron chi connectivity index (χ2n) is 5.76. The molecule has 0 saturated heterocycles. The molecule has 0 aliphatic carbocycles. The topological polar surface area (TPSA) is 0 Å². The third-order valence-electron chi connectivity index (χ3n) is 4.09. The molecule has 0 aliphatic heterocycles. The maximum Gasteiger partial charge on any atom is 0 e. The van der Waals surface area contributed by atoms with Gasteiger partial charge >= 0.3 is 0 Å². The predicted molar refractivity (Wildman–Crippen MR) is 112 cm³/mol.